The molecular weight excluding hydrogens is 420 g/mol. The minimum Gasteiger partial charge on any atom is -0.486 e. The van der Waals surface area contributed by atoms with Gasteiger partial charge in [0.05, 0.1) is 4.90 Å². The fourth-order valence-corrected chi connectivity index (χ4v) is 4.88. The first-order valence-corrected chi connectivity index (χ1v) is 11.7. The average molecular weight is 445 g/mol. The smallest absolute Gasteiger partial charge is 0.241 e. The topological polar surface area (TPSA) is 102 Å². The van der Waals surface area contributed by atoms with E-state index in [9.17, 15) is 18.0 Å². The number of likely N-dealkylation sites (tertiary alicyclic amines) is 1. The van der Waals surface area contributed by atoms with Gasteiger partial charge in [0.1, 0.15) is 25.0 Å². The second-order valence-corrected chi connectivity index (χ2v) is 9.25. The number of ether oxygens (including phenoxy) is 2. The van der Waals surface area contributed by atoms with Crippen molar-refractivity contribution in [1.82, 2.24) is 9.62 Å². The summed E-state index contributed by atoms with van der Waals surface area (Å²) in [5.74, 6) is 0.618. The molecule has 2 aliphatic heterocycles. The predicted octanol–water partition coefficient (Wildman–Crippen LogP) is 1.54. The molecule has 1 atom stereocenters. The third-order valence-electron chi connectivity index (χ3n) is 5.33. The molecule has 4 rings (SSSR count). The summed E-state index contributed by atoms with van der Waals surface area (Å²) in [4.78, 5) is 26.3. The average Bonchev–Trinajstić information content (AvgIpc) is 2.79. The molecule has 1 N–H and O–H groups in total. The van der Waals surface area contributed by atoms with Gasteiger partial charge < -0.3 is 14.4 Å². The summed E-state index contributed by atoms with van der Waals surface area (Å²) in [6.07, 6.45) is 0.783. The standard InChI is InChI=1S/C22H24N2O6S/c25-17-8-10-24(11-9-17)22(26)19(14-16-4-2-1-3-5-16)23-31(27,28)18-6-7-20-21(15-18)30-13-12-29-20/h1-7,15,19,23H,8-14H2/t19-/m0/s1. The quantitative estimate of drug-likeness (QED) is 0.725. The highest BCUT2D eigenvalue weighted by atomic mass is 32.2. The van der Waals surface area contributed by atoms with Crippen LogP contribution in [-0.4, -0.2) is 57.4 Å². The summed E-state index contributed by atoms with van der Waals surface area (Å²) < 4.78 is 39.8. The Kier molecular flexibility index (Phi) is 6.24. The van der Waals surface area contributed by atoms with Crippen LogP contribution in [0.2, 0.25) is 0 Å². The van der Waals surface area contributed by atoms with Gasteiger partial charge in [-0.05, 0) is 24.1 Å². The minimum absolute atomic E-state index is 0.00330. The molecule has 1 saturated heterocycles. The second kappa shape index (κ2) is 9.07. The molecule has 0 aromatic heterocycles. The maximum atomic E-state index is 13.2. The SMILES string of the molecule is O=C1CCN(C(=O)[C@H](Cc2ccccc2)NS(=O)(=O)c2ccc3c(c2)OCCO3)CC1. The zero-order valence-electron chi connectivity index (χ0n) is 17.0. The molecule has 2 aromatic carbocycles. The molecule has 0 unspecified atom stereocenters. The third-order valence-corrected chi connectivity index (χ3v) is 6.80. The van der Waals surface area contributed by atoms with Crippen molar-refractivity contribution in [2.75, 3.05) is 26.3 Å². The Morgan fingerprint density at radius 3 is 2.39 bits per heavy atom. The lowest BCUT2D eigenvalue weighted by Crippen LogP contribution is -2.51. The Morgan fingerprint density at radius 2 is 1.68 bits per heavy atom. The van der Waals surface area contributed by atoms with Crippen molar-refractivity contribution in [3.63, 3.8) is 0 Å². The molecule has 0 radical (unpaired) electrons. The molecule has 8 nitrogen and oxygen atoms in total. The number of hydrogen-bond acceptors (Lipinski definition) is 6. The van der Waals surface area contributed by atoms with Crippen LogP contribution in [0.4, 0.5) is 0 Å². The molecule has 2 heterocycles. The van der Waals surface area contributed by atoms with Gasteiger partial charge in [-0.2, -0.15) is 4.72 Å². The van der Waals surface area contributed by atoms with E-state index in [-0.39, 0.29) is 23.0 Å². The molecule has 0 saturated carbocycles. The molecule has 0 spiro atoms. The number of ketones is 1. The Bertz CT molecular complexity index is 1060. The van der Waals surface area contributed by atoms with Gasteiger partial charge >= 0.3 is 0 Å². The molecule has 1 fully saturated rings. The lowest BCUT2D eigenvalue weighted by atomic mass is 10.0. The van der Waals surface area contributed by atoms with Gasteiger partial charge in [-0.15, -0.1) is 0 Å². The van der Waals surface area contributed by atoms with E-state index in [1.54, 1.807) is 11.0 Å². The number of piperidine rings is 1. The summed E-state index contributed by atoms with van der Waals surface area (Å²) in [5.41, 5.74) is 0.832. The summed E-state index contributed by atoms with van der Waals surface area (Å²) in [6, 6.07) is 12.6. The van der Waals surface area contributed by atoms with Crippen LogP contribution < -0.4 is 14.2 Å². The largest absolute Gasteiger partial charge is 0.486 e. The Labute approximate surface area is 181 Å². The van der Waals surface area contributed by atoms with E-state index in [1.807, 2.05) is 30.3 Å². The highest BCUT2D eigenvalue weighted by Gasteiger charge is 2.32. The van der Waals surface area contributed by atoms with E-state index < -0.39 is 16.1 Å². The normalized spacial score (nSPS) is 17.3. The summed E-state index contributed by atoms with van der Waals surface area (Å²) in [7, 11) is -4.01. The highest BCUT2D eigenvalue weighted by molar-refractivity contribution is 7.89. The molecule has 0 bridgehead atoms. The molecular formula is C22H24N2O6S. The minimum atomic E-state index is -4.01. The van der Waals surface area contributed by atoms with Crippen LogP contribution in [-0.2, 0) is 26.0 Å². The van der Waals surface area contributed by atoms with E-state index in [0.29, 0.717) is 50.6 Å². The van der Waals surface area contributed by atoms with Gasteiger partial charge in [-0.3, -0.25) is 9.59 Å². The van der Waals surface area contributed by atoms with Crippen LogP contribution in [0.3, 0.4) is 0 Å². The lowest BCUT2D eigenvalue weighted by molar-refractivity contribution is -0.136. The maximum Gasteiger partial charge on any atom is 0.241 e. The molecule has 2 aromatic rings. The number of nitrogens with one attached hydrogen (secondary N) is 1. The van der Waals surface area contributed by atoms with E-state index in [2.05, 4.69) is 4.72 Å². The first kappa shape index (κ1) is 21.3. The predicted molar refractivity (Wildman–Crippen MR) is 113 cm³/mol. The first-order chi connectivity index (χ1) is 14.9. The van der Waals surface area contributed by atoms with Crippen molar-refractivity contribution in [3.05, 3.63) is 54.1 Å². The molecule has 9 heteroatoms. The van der Waals surface area contributed by atoms with Gasteiger partial charge in [0.15, 0.2) is 11.5 Å². The van der Waals surface area contributed by atoms with Crippen molar-refractivity contribution >= 4 is 21.7 Å². The Balaban J connectivity index is 1.58. The number of amides is 1. The number of hydrogen-bond donors (Lipinski definition) is 1. The number of nitrogens with zero attached hydrogens (tertiary/aromatic N) is 1. The first-order valence-electron chi connectivity index (χ1n) is 10.2. The molecule has 2 aliphatic rings. The number of sulfonamides is 1. The monoisotopic (exact) mass is 444 g/mol. The van der Waals surface area contributed by atoms with Gasteiger partial charge in [0.2, 0.25) is 15.9 Å². The zero-order valence-corrected chi connectivity index (χ0v) is 17.8. The number of benzene rings is 2. The van der Waals surface area contributed by atoms with Gasteiger partial charge in [0.25, 0.3) is 0 Å². The zero-order chi connectivity index (χ0) is 21.8. The van der Waals surface area contributed by atoms with Crippen molar-refractivity contribution in [3.8, 4) is 11.5 Å². The highest BCUT2D eigenvalue weighted by Crippen LogP contribution is 2.32. The van der Waals surface area contributed by atoms with Crippen LogP contribution in [0, 0.1) is 0 Å². The Morgan fingerprint density at radius 1 is 1.00 bits per heavy atom. The van der Waals surface area contributed by atoms with E-state index in [0.717, 1.165) is 5.56 Å². The molecule has 31 heavy (non-hydrogen) atoms. The van der Waals surface area contributed by atoms with Crippen molar-refractivity contribution in [2.45, 2.75) is 30.2 Å². The van der Waals surface area contributed by atoms with Crippen LogP contribution >= 0.6 is 0 Å². The number of rotatable bonds is 6. The maximum absolute atomic E-state index is 13.2. The van der Waals surface area contributed by atoms with Gasteiger partial charge in [0, 0.05) is 32.0 Å². The number of carbonyl (C=O) groups is 2. The van der Waals surface area contributed by atoms with Crippen LogP contribution in [0.1, 0.15) is 18.4 Å². The summed E-state index contributed by atoms with van der Waals surface area (Å²) in [6.45, 7) is 1.35. The third kappa shape index (κ3) is 5.05. The molecule has 1 amide bonds. The molecule has 0 aliphatic carbocycles. The fraction of sp³-hybridized carbons (Fsp3) is 0.364. The van der Waals surface area contributed by atoms with Crippen LogP contribution in [0.15, 0.2) is 53.4 Å². The van der Waals surface area contributed by atoms with E-state index in [1.165, 1.54) is 12.1 Å². The van der Waals surface area contributed by atoms with Crippen molar-refractivity contribution in [1.29, 1.82) is 0 Å². The number of fused-ring (bicyclic) bond motifs is 1. The summed E-state index contributed by atoms with van der Waals surface area (Å²) in [5, 5.41) is 0. The number of Topliss-reactive ketones (excluding diaryl/α,β-unsaturated/α-hetero) is 1. The van der Waals surface area contributed by atoms with Gasteiger partial charge in [-0.25, -0.2) is 8.42 Å². The Hall–Kier alpha value is -2.91. The van der Waals surface area contributed by atoms with E-state index >= 15 is 0 Å². The summed E-state index contributed by atoms with van der Waals surface area (Å²) >= 11 is 0. The number of carbonyl (C=O) groups excluding carboxylic acids is 2. The second-order valence-electron chi connectivity index (χ2n) is 7.53. The fourth-order valence-electron chi connectivity index (χ4n) is 3.67. The van der Waals surface area contributed by atoms with Crippen molar-refractivity contribution < 1.29 is 27.5 Å². The van der Waals surface area contributed by atoms with Crippen molar-refractivity contribution in [2.24, 2.45) is 0 Å². The van der Waals surface area contributed by atoms with Crippen LogP contribution in [0.25, 0.3) is 0 Å². The molecule has 164 valence electrons. The van der Waals surface area contributed by atoms with Crippen LogP contribution in [0.5, 0.6) is 11.5 Å². The van der Waals surface area contributed by atoms with Gasteiger partial charge in [-0.1, -0.05) is 30.3 Å². The van der Waals surface area contributed by atoms with E-state index in [4.69, 9.17) is 9.47 Å². The lowest BCUT2D eigenvalue weighted by Gasteiger charge is -2.30.